The fraction of sp³-hybridized carbons (Fsp3) is 0.357. The smallest absolute Gasteiger partial charge is 0.334 e. The second kappa shape index (κ2) is 4.88. The molecule has 0 bridgehead atoms. The first-order valence-electron chi connectivity index (χ1n) is 5.77. The molecule has 2 nitrogen and oxygen atoms in total. The third kappa shape index (κ3) is 2.58. The standard InChI is InChI=1S/C14H14F2O2/c1-18-13(17)12-9-14(15,16)8-7-11(12)10-5-3-2-4-6-10/h2-6H,7-9H2,1H3. The highest BCUT2D eigenvalue weighted by Gasteiger charge is 2.38. The van der Waals surface area contributed by atoms with E-state index in [9.17, 15) is 13.6 Å². The number of methoxy groups -OCH3 is 1. The van der Waals surface area contributed by atoms with Crippen molar-refractivity contribution in [1.29, 1.82) is 0 Å². The van der Waals surface area contributed by atoms with E-state index in [0.29, 0.717) is 5.57 Å². The summed E-state index contributed by atoms with van der Waals surface area (Å²) >= 11 is 0. The molecule has 0 spiro atoms. The molecule has 0 unspecified atom stereocenters. The van der Waals surface area contributed by atoms with Gasteiger partial charge in [-0.05, 0) is 17.6 Å². The fourth-order valence-electron chi connectivity index (χ4n) is 2.19. The van der Waals surface area contributed by atoms with Crippen LogP contribution in [0.25, 0.3) is 5.57 Å². The van der Waals surface area contributed by atoms with E-state index in [1.165, 1.54) is 7.11 Å². The molecule has 1 aliphatic carbocycles. The Hall–Kier alpha value is -1.71. The van der Waals surface area contributed by atoms with Crippen LogP contribution in [0.1, 0.15) is 24.8 Å². The third-order valence-electron chi connectivity index (χ3n) is 3.09. The second-order valence-corrected chi connectivity index (χ2v) is 4.35. The van der Waals surface area contributed by atoms with Crippen LogP contribution in [0, 0.1) is 0 Å². The molecular weight excluding hydrogens is 238 g/mol. The number of esters is 1. The van der Waals surface area contributed by atoms with Gasteiger partial charge in [0.2, 0.25) is 0 Å². The summed E-state index contributed by atoms with van der Waals surface area (Å²) in [5, 5.41) is 0. The lowest BCUT2D eigenvalue weighted by Crippen LogP contribution is -2.25. The minimum atomic E-state index is -2.82. The number of carbonyl (C=O) groups excluding carboxylic acids is 1. The Morgan fingerprint density at radius 1 is 1.28 bits per heavy atom. The Balaban J connectivity index is 2.45. The van der Waals surface area contributed by atoms with Crippen molar-refractivity contribution in [3.63, 3.8) is 0 Å². The number of alkyl halides is 2. The van der Waals surface area contributed by atoms with Gasteiger partial charge < -0.3 is 4.74 Å². The molecule has 1 aliphatic rings. The van der Waals surface area contributed by atoms with Crippen LogP contribution in [-0.4, -0.2) is 19.0 Å². The van der Waals surface area contributed by atoms with Gasteiger partial charge in [-0.1, -0.05) is 30.3 Å². The molecule has 0 fully saturated rings. The number of rotatable bonds is 2. The zero-order valence-corrected chi connectivity index (χ0v) is 10.1. The van der Waals surface area contributed by atoms with Gasteiger partial charge in [0.1, 0.15) is 0 Å². The molecule has 1 aromatic carbocycles. The van der Waals surface area contributed by atoms with Gasteiger partial charge in [0, 0.05) is 18.4 Å². The largest absolute Gasteiger partial charge is 0.466 e. The van der Waals surface area contributed by atoms with E-state index >= 15 is 0 Å². The van der Waals surface area contributed by atoms with Crippen LogP contribution in [0.4, 0.5) is 8.78 Å². The molecule has 1 aromatic rings. The maximum absolute atomic E-state index is 13.4. The van der Waals surface area contributed by atoms with E-state index < -0.39 is 18.3 Å². The van der Waals surface area contributed by atoms with Crippen molar-refractivity contribution in [3.8, 4) is 0 Å². The summed E-state index contributed by atoms with van der Waals surface area (Å²) in [5.41, 5.74) is 1.58. The molecule has 0 amide bonds. The normalized spacial score (nSPS) is 18.6. The number of halogens is 2. The van der Waals surface area contributed by atoms with Gasteiger partial charge in [-0.25, -0.2) is 13.6 Å². The Labute approximate surface area is 104 Å². The highest BCUT2D eigenvalue weighted by molar-refractivity contribution is 5.98. The molecule has 18 heavy (non-hydrogen) atoms. The molecule has 0 aliphatic heterocycles. The van der Waals surface area contributed by atoms with Crippen LogP contribution in [0.5, 0.6) is 0 Å². The fourth-order valence-corrected chi connectivity index (χ4v) is 2.19. The van der Waals surface area contributed by atoms with Gasteiger partial charge in [-0.3, -0.25) is 0 Å². The lowest BCUT2D eigenvalue weighted by atomic mass is 9.85. The first kappa shape index (κ1) is 12.7. The minimum Gasteiger partial charge on any atom is -0.466 e. The number of allylic oxidation sites excluding steroid dienone is 1. The van der Waals surface area contributed by atoms with Gasteiger partial charge in [-0.2, -0.15) is 0 Å². The molecule has 0 heterocycles. The average molecular weight is 252 g/mol. The highest BCUT2D eigenvalue weighted by Crippen LogP contribution is 2.41. The zero-order valence-electron chi connectivity index (χ0n) is 10.1. The van der Waals surface area contributed by atoms with Crippen LogP contribution >= 0.6 is 0 Å². The molecular formula is C14H14F2O2. The quantitative estimate of drug-likeness (QED) is 0.754. The summed E-state index contributed by atoms with van der Waals surface area (Å²) in [5.74, 6) is -3.48. The molecule has 0 aromatic heterocycles. The lowest BCUT2D eigenvalue weighted by molar-refractivity contribution is -0.137. The van der Waals surface area contributed by atoms with Crippen molar-refractivity contribution in [2.75, 3.05) is 7.11 Å². The predicted octanol–water partition coefficient (Wildman–Crippen LogP) is 3.43. The molecule has 4 heteroatoms. The summed E-state index contributed by atoms with van der Waals surface area (Å²) in [4.78, 5) is 11.6. The van der Waals surface area contributed by atoms with E-state index in [1.54, 1.807) is 0 Å². The van der Waals surface area contributed by atoms with E-state index in [4.69, 9.17) is 0 Å². The first-order chi connectivity index (χ1) is 8.53. The van der Waals surface area contributed by atoms with Gasteiger partial charge in [0.05, 0.1) is 7.11 Å². The molecule has 96 valence electrons. The number of carbonyl (C=O) groups is 1. The van der Waals surface area contributed by atoms with Crippen LogP contribution in [0.3, 0.4) is 0 Å². The third-order valence-corrected chi connectivity index (χ3v) is 3.09. The predicted molar refractivity (Wildman–Crippen MR) is 64.2 cm³/mol. The van der Waals surface area contributed by atoms with E-state index in [1.807, 2.05) is 30.3 Å². The minimum absolute atomic E-state index is 0.0972. The van der Waals surface area contributed by atoms with Gasteiger partial charge in [0.25, 0.3) is 5.92 Å². The average Bonchev–Trinajstić information content (AvgIpc) is 2.38. The number of hydrogen-bond donors (Lipinski definition) is 0. The maximum atomic E-state index is 13.4. The van der Waals surface area contributed by atoms with Crippen LogP contribution in [-0.2, 0) is 9.53 Å². The van der Waals surface area contributed by atoms with Crippen LogP contribution in [0.2, 0.25) is 0 Å². The van der Waals surface area contributed by atoms with Crippen molar-refractivity contribution in [1.82, 2.24) is 0 Å². The van der Waals surface area contributed by atoms with Gasteiger partial charge >= 0.3 is 5.97 Å². The summed E-state index contributed by atoms with van der Waals surface area (Å²) in [6.07, 6.45) is -0.566. The van der Waals surface area contributed by atoms with Gasteiger partial charge in [0.15, 0.2) is 0 Å². The topological polar surface area (TPSA) is 26.3 Å². The van der Waals surface area contributed by atoms with Crippen LogP contribution < -0.4 is 0 Å². The Morgan fingerprint density at radius 3 is 2.56 bits per heavy atom. The highest BCUT2D eigenvalue weighted by atomic mass is 19.3. The SMILES string of the molecule is COC(=O)C1=C(c2ccccc2)CCC(F)(F)C1. The first-order valence-corrected chi connectivity index (χ1v) is 5.77. The monoisotopic (exact) mass is 252 g/mol. The van der Waals surface area contributed by atoms with Crippen molar-refractivity contribution < 1.29 is 18.3 Å². The maximum Gasteiger partial charge on any atom is 0.334 e. The molecule has 0 saturated carbocycles. The van der Waals surface area contributed by atoms with Crippen molar-refractivity contribution >= 4 is 11.5 Å². The van der Waals surface area contributed by atoms with Crippen molar-refractivity contribution in [2.24, 2.45) is 0 Å². The molecule has 2 rings (SSSR count). The Morgan fingerprint density at radius 2 is 1.94 bits per heavy atom. The number of hydrogen-bond acceptors (Lipinski definition) is 2. The number of ether oxygens (including phenoxy) is 1. The summed E-state index contributed by atoms with van der Waals surface area (Å²) < 4.78 is 31.4. The summed E-state index contributed by atoms with van der Waals surface area (Å²) in [6, 6.07) is 9.14. The Bertz CT molecular complexity index is 478. The zero-order chi connectivity index (χ0) is 13.2. The summed E-state index contributed by atoms with van der Waals surface area (Å²) in [6.45, 7) is 0. The molecule has 0 atom stereocenters. The van der Waals surface area contributed by atoms with E-state index in [0.717, 1.165) is 5.56 Å². The van der Waals surface area contributed by atoms with E-state index in [-0.39, 0.29) is 18.4 Å². The molecule has 0 N–H and O–H groups in total. The van der Waals surface area contributed by atoms with Gasteiger partial charge in [-0.15, -0.1) is 0 Å². The van der Waals surface area contributed by atoms with Crippen molar-refractivity contribution in [3.05, 3.63) is 41.5 Å². The van der Waals surface area contributed by atoms with E-state index in [2.05, 4.69) is 4.74 Å². The summed E-state index contributed by atoms with van der Waals surface area (Å²) in [7, 11) is 1.21. The van der Waals surface area contributed by atoms with Crippen LogP contribution in [0.15, 0.2) is 35.9 Å². The Kier molecular flexibility index (Phi) is 3.45. The second-order valence-electron chi connectivity index (χ2n) is 4.35. The molecule has 0 saturated heterocycles. The van der Waals surface area contributed by atoms with Crippen molar-refractivity contribution in [2.45, 2.75) is 25.2 Å². The number of benzene rings is 1. The molecule has 0 radical (unpaired) electrons. The lowest BCUT2D eigenvalue weighted by Gasteiger charge is -2.26.